The van der Waals surface area contributed by atoms with Crippen LogP contribution in [0.2, 0.25) is 0 Å². The first-order chi connectivity index (χ1) is 5.61. The molecular formula is C11H23N. The third kappa shape index (κ3) is 4.53. The lowest BCUT2D eigenvalue weighted by molar-refractivity contribution is 0.639. The van der Waals surface area contributed by atoms with E-state index in [1.165, 1.54) is 25.0 Å². The standard InChI is InChI=1S/C11H23N/c1-6-8-10(4)12-11(5)9(3)7-2/h9-10H,6-8H2,1-5H3/b12-11-. The highest BCUT2D eigenvalue weighted by Gasteiger charge is 2.04. The summed E-state index contributed by atoms with van der Waals surface area (Å²) in [6.45, 7) is 11.0. The Morgan fingerprint density at radius 2 is 1.83 bits per heavy atom. The van der Waals surface area contributed by atoms with Crippen LogP contribution in [0.4, 0.5) is 0 Å². The predicted octanol–water partition coefficient (Wildman–Crippen LogP) is 3.68. The number of hydrogen-bond acceptors (Lipinski definition) is 1. The molecule has 0 aliphatic heterocycles. The van der Waals surface area contributed by atoms with Gasteiger partial charge < -0.3 is 0 Å². The van der Waals surface area contributed by atoms with Crippen LogP contribution < -0.4 is 0 Å². The van der Waals surface area contributed by atoms with Crippen molar-refractivity contribution in [2.24, 2.45) is 10.9 Å². The van der Waals surface area contributed by atoms with Gasteiger partial charge in [0.1, 0.15) is 0 Å². The fourth-order valence-electron chi connectivity index (χ4n) is 1.25. The Kier molecular flexibility index (Phi) is 6.04. The first-order valence-electron chi connectivity index (χ1n) is 5.16. The van der Waals surface area contributed by atoms with E-state index < -0.39 is 0 Å². The molecule has 0 spiro atoms. The van der Waals surface area contributed by atoms with Crippen molar-refractivity contribution in [3.05, 3.63) is 0 Å². The summed E-state index contributed by atoms with van der Waals surface area (Å²) in [4.78, 5) is 4.65. The quantitative estimate of drug-likeness (QED) is 0.557. The van der Waals surface area contributed by atoms with Crippen LogP contribution in [0.5, 0.6) is 0 Å². The summed E-state index contributed by atoms with van der Waals surface area (Å²) < 4.78 is 0. The van der Waals surface area contributed by atoms with Gasteiger partial charge in [-0.2, -0.15) is 0 Å². The number of aliphatic imine (C=N–C) groups is 1. The Balaban J connectivity index is 3.96. The van der Waals surface area contributed by atoms with Crippen molar-refractivity contribution in [1.29, 1.82) is 0 Å². The second kappa shape index (κ2) is 6.22. The molecule has 0 radical (unpaired) electrons. The SMILES string of the molecule is CCCC(C)/N=C(/C)C(C)CC. The van der Waals surface area contributed by atoms with Crippen LogP contribution in [-0.4, -0.2) is 11.8 Å². The van der Waals surface area contributed by atoms with Gasteiger partial charge in [-0.25, -0.2) is 0 Å². The van der Waals surface area contributed by atoms with Crippen molar-refractivity contribution in [2.45, 2.75) is 59.9 Å². The van der Waals surface area contributed by atoms with Crippen molar-refractivity contribution < 1.29 is 0 Å². The van der Waals surface area contributed by atoms with Crippen molar-refractivity contribution in [2.75, 3.05) is 0 Å². The minimum absolute atomic E-state index is 0.518. The summed E-state index contributed by atoms with van der Waals surface area (Å²) in [7, 11) is 0. The van der Waals surface area contributed by atoms with E-state index in [-0.39, 0.29) is 0 Å². The maximum Gasteiger partial charge on any atom is 0.0470 e. The zero-order valence-electron chi connectivity index (χ0n) is 9.22. The van der Waals surface area contributed by atoms with Gasteiger partial charge in [-0.1, -0.05) is 27.2 Å². The first kappa shape index (κ1) is 11.7. The molecule has 1 heteroatoms. The summed E-state index contributed by atoms with van der Waals surface area (Å²) in [5, 5.41) is 0. The lowest BCUT2D eigenvalue weighted by Crippen LogP contribution is -2.09. The van der Waals surface area contributed by atoms with Gasteiger partial charge in [0, 0.05) is 11.8 Å². The lowest BCUT2D eigenvalue weighted by Gasteiger charge is -2.11. The molecule has 0 aliphatic rings. The molecule has 0 N–H and O–H groups in total. The summed E-state index contributed by atoms with van der Waals surface area (Å²) in [6, 6.07) is 0.518. The predicted molar refractivity (Wildman–Crippen MR) is 56.9 cm³/mol. The van der Waals surface area contributed by atoms with Crippen molar-refractivity contribution >= 4 is 5.71 Å². The summed E-state index contributed by atoms with van der Waals surface area (Å²) in [6.07, 6.45) is 3.65. The van der Waals surface area contributed by atoms with Gasteiger partial charge in [-0.05, 0) is 32.6 Å². The van der Waals surface area contributed by atoms with Crippen LogP contribution in [0.15, 0.2) is 4.99 Å². The third-order valence-electron chi connectivity index (χ3n) is 2.46. The molecule has 0 aliphatic carbocycles. The Bertz CT molecular complexity index is 138. The van der Waals surface area contributed by atoms with Gasteiger partial charge in [-0.3, -0.25) is 4.99 Å². The summed E-state index contributed by atoms with van der Waals surface area (Å²) in [5.41, 5.74) is 1.32. The van der Waals surface area contributed by atoms with Crippen molar-refractivity contribution in [3.63, 3.8) is 0 Å². The lowest BCUT2D eigenvalue weighted by atomic mass is 10.0. The first-order valence-corrected chi connectivity index (χ1v) is 5.16. The normalized spacial score (nSPS) is 17.6. The molecule has 0 saturated heterocycles. The van der Waals surface area contributed by atoms with E-state index in [0.717, 1.165) is 0 Å². The van der Waals surface area contributed by atoms with Gasteiger partial charge in [0.05, 0.1) is 0 Å². The molecule has 0 aromatic heterocycles. The zero-order valence-corrected chi connectivity index (χ0v) is 9.22. The molecule has 0 fully saturated rings. The molecule has 0 amide bonds. The molecule has 0 heterocycles. The highest BCUT2D eigenvalue weighted by atomic mass is 14.8. The van der Waals surface area contributed by atoms with Crippen molar-refractivity contribution in [1.82, 2.24) is 0 Å². The molecule has 0 rings (SSSR count). The molecule has 0 aromatic carbocycles. The third-order valence-corrected chi connectivity index (χ3v) is 2.46. The smallest absolute Gasteiger partial charge is 0.0470 e. The Labute approximate surface area is 77.3 Å². The molecular weight excluding hydrogens is 146 g/mol. The number of nitrogens with zero attached hydrogens (tertiary/aromatic N) is 1. The second-order valence-electron chi connectivity index (χ2n) is 3.72. The molecule has 12 heavy (non-hydrogen) atoms. The van der Waals surface area contributed by atoms with Crippen LogP contribution in [-0.2, 0) is 0 Å². The van der Waals surface area contributed by atoms with Crippen LogP contribution in [0.1, 0.15) is 53.9 Å². The minimum atomic E-state index is 0.518. The number of rotatable bonds is 5. The van der Waals surface area contributed by atoms with Gasteiger partial charge in [0.2, 0.25) is 0 Å². The molecule has 2 atom stereocenters. The van der Waals surface area contributed by atoms with Crippen LogP contribution >= 0.6 is 0 Å². The summed E-state index contributed by atoms with van der Waals surface area (Å²) >= 11 is 0. The highest BCUT2D eigenvalue weighted by Crippen LogP contribution is 2.07. The van der Waals surface area contributed by atoms with Crippen LogP contribution in [0, 0.1) is 5.92 Å². The average Bonchev–Trinajstić information content (AvgIpc) is 2.03. The molecule has 2 unspecified atom stereocenters. The molecule has 1 nitrogen and oxygen atoms in total. The van der Waals surface area contributed by atoms with E-state index in [0.29, 0.717) is 12.0 Å². The topological polar surface area (TPSA) is 12.4 Å². The van der Waals surface area contributed by atoms with Crippen LogP contribution in [0.25, 0.3) is 0 Å². The minimum Gasteiger partial charge on any atom is -0.291 e. The van der Waals surface area contributed by atoms with E-state index in [2.05, 4.69) is 39.6 Å². The van der Waals surface area contributed by atoms with E-state index in [9.17, 15) is 0 Å². The number of hydrogen-bond donors (Lipinski definition) is 0. The Hall–Kier alpha value is -0.330. The van der Waals surface area contributed by atoms with Crippen molar-refractivity contribution in [3.8, 4) is 0 Å². The largest absolute Gasteiger partial charge is 0.291 e. The van der Waals surface area contributed by atoms with E-state index in [4.69, 9.17) is 0 Å². The Morgan fingerprint density at radius 1 is 1.25 bits per heavy atom. The van der Waals surface area contributed by atoms with Gasteiger partial charge in [0.15, 0.2) is 0 Å². The van der Waals surface area contributed by atoms with Gasteiger partial charge >= 0.3 is 0 Å². The average molecular weight is 169 g/mol. The zero-order chi connectivity index (χ0) is 9.56. The van der Waals surface area contributed by atoms with E-state index in [1.54, 1.807) is 0 Å². The monoisotopic (exact) mass is 169 g/mol. The second-order valence-corrected chi connectivity index (χ2v) is 3.72. The van der Waals surface area contributed by atoms with E-state index in [1.807, 2.05) is 0 Å². The maximum absolute atomic E-state index is 4.65. The fourth-order valence-corrected chi connectivity index (χ4v) is 1.25. The van der Waals surface area contributed by atoms with Gasteiger partial charge in [0.25, 0.3) is 0 Å². The fraction of sp³-hybridized carbons (Fsp3) is 0.909. The van der Waals surface area contributed by atoms with Crippen LogP contribution in [0.3, 0.4) is 0 Å². The Morgan fingerprint density at radius 3 is 2.25 bits per heavy atom. The molecule has 0 bridgehead atoms. The highest BCUT2D eigenvalue weighted by molar-refractivity contribution is 5.84. The summed E-state index contributed by atoms with van der Waals surface area (Å²) in [5.74, 6) is 0.657. The molecule has 0 saturated carbocycles. The van der Waals surface area contributed by atoms with Gasteiger partial charge in [-0.15, -0.1) is 0 Å². The molecule has 72 valence electrons. The maximum atomic E-state index is 4.65. The molecule has 0 aromatic rings. The van der Waals surface area contributed by atoms with E-state index >= 15 is 0 Å².